The fourth-order valence-electron chi connectivity index (χ4n) is 4.57. The molecule has 7 heteroatoms. The normalized spacial score (nSPS) is 18.0. The molecule has 0 unspecified atom stereocenters. The molecule has 0 bridgehead atoms. The van der Waals surface area contributed by atoms with E-state index in [2.05, 4.69) is 22.0 Å². The van der Waals surface area contributed by atoms with Crippen molar-refractivity contribution in [1.82, 2.24) is 4.90 Å². The van der Waals surface area contributed by atoms with Crippen molar-refractivity contribution in [3.05, 3.63) is 80.2 Å². The number of nitrogens with two attached hydrogens (primary N) is 1. The number of nitrogens with zero attached hydrogens (tertiary/aromatic N) is 2. The van der Waals surface area contributed by atoms with Gasteiger partial charge >= 0.3 is 0 Å². The highest BCUT2D eigenvalue weighted by atomic mass is 79.9. The molecular weight excluding hydrogens is 494 g/mol. The lowest BCUT2D eigenvalue weighted by Crippen LogP contribution is -2.36. The Morgan fingerprint density at radius 3 is 2.56 bits per heavy atom. The van der Waals surface area contributed by atoms with E-state index in [1.807, 2.05) is 57.3 Å². The standard InChI is InChI=1S/C27H28BrN3O3/c1-4-33-23-12-18(20(28)13-24(23)34-15-17-10-8-16(2)9-11-17)25-19(14-29)27(30)31(3)21-6-5-7-22(32)26(21)25/h8-13,25H,4-7,15,30H2,1-3H3/t25-/m0/s1. The van der Waals surface area contributed by atoms with E-state index in [4.69, 9.17) is 15.2 Å². The third-order valence-corrected chi connectivity index (χ3v) is 7.04. The summed E-state index contributed by atoms with van der Waals surface area (Å²) in [7, 11) is 1.82. The first kappa shape index (κ1) is 23.9. The number of ether oxygens (including phenoxy) is 2. The van der Waals surface area contributed by atoms with Crippen molar-refractivity contribution in [2.45, 2.75) is 45.6 Å². The molecule has 176 valence electrons. The van der Waals surface area contributed by atoms with E-state index in [-0.39, 0.29) is 5.78 Å². The molecule has 0 radical (unpaired) electrons. The van der Waals surface area contributed by atoms with Gasteiger partial charge in [-0.2, -0.15) is 5.26 Å². The minimum absolute atomic E-state index is 0.0582. The van der Waals surface area contributed by atoms with E-state index in [0.717, 1.165) is 34.1 Å². The lowest BCUT2D eigenvalue weighted by Gasteiger charge is -2.38. The molecule has 1 atom stereocenters. The molecule has 0 amide bonds. The summed E-state index contributed by atoms with van der Waals surface area (Å²) in [6.45, 7) is 4.80. The topological polar surface area (TPSA) is 88.6 Å². The molecule has 0 saturated carbocycles. The number of nitriles is 1. The summed E-state index contributed by atoms with van der Waals surface area (Å²) in [6.07, 6.45) is 2.00. The second-order valence-electron chi connectivity index (χ2n) is 8.57. The number of aryl methyl sites for hydroxylation is 1. The number of halogens is 1. The lowest BCUT2D eigenvalue weighted by atomic mass is 9.76. The van der Waals surface area contributed by atoms with Crippen LogP contribution in [0.25, 0.3) is 0 Å². The van der Waals surface area contributed by atoms with Crippen molar-refractivity contribution in [2.75, 3.05) is 13.7 Å². The number of rotatable bonds is 6. The number of allylic oxidation sites excluding steroid dienone is 3. The van der Waals surface area contributed by atoms with Crippen LogP contribution >= 0.6 is 15.9 Å². The summed E-state index contributed by atoms with van der Waals surface area (Å²) in [5, 5.41) is 10.0. The summed E-state index contributed by atoms with van der Waals surface area (Å²) in [5.41, 5.74) is 11.3. The van der Waals surface area contributed by atoms with Crippen LogP contribution in [0.4, 0.5) is 0 Å². The van der Waals surface area contributed by atoms with Gasteiger partial charge in [-0.25, -0.2) is 0 Å². The Balaban J connectivity index is 1.77. The molecule has 2 aromatic rings. The molecule has 0 saturated heterocycles. The second-order valence-corrected chi connectivity index (χ2v) is 9.42. The van der Waals surface area contributed by atoms with E-state index in [9.17, 15) is 10.1 Å². The van der Waals surface area contributed by atoms with Crippen LogP contribution in [0, 0.1) is 18.3 Å². The number of carbonyl (C=O) groups is 1. The van der Waals surface area contributed by atoms with Crippen LogP contribution in [-0.4, -0.2) is 24.3 Å². The highest BCUT2D eigenvalue weighted by Crippen LogP contribution is 2.48. The number of ketones is 1. The van der Waals surface area contributed by atoms with Crippen molar-refractivity contribution < 1.29 is 14.3 Å². The average Bonchev–Trinajstić information content (AvgIpc) is 2.82. The molecule has 1 aliphatic heterocycles. The molecule has 0 aromatic heterocycles. The van der Waals surface area contributed by atoms with E-state index >= 15 is 0 Å². The zero-order valence-electron chi connectivity index (χ0n) is 19.7. The fraction of sp³-hybridized carbons (Fsp3) is 0.333. The monoisotopic (exact) mass is 521 g/mol. The van der Waals surface area contributed by atoms with Crippen molar-refractivity contribution in [1.29, 1.82) is 5.26 Å². The maximum absolute atomic E-state index is 13.1. The lowest BCUT2D eigenvalue weighted by molar-refractivity contribution is -0.116. The Bertz CT molecular complexity index is 1220. The summed E-state index contributed by atoms with van der Waals surface area (Å²) in [6, 6.07) is 14.2. The van der Waals surface area contributed by atoms with Gasteiger partial charge in [-0.1, -0.05) is 45.8 Å². The Kier molecular flexibility index (Phi) is 6.99. The van der Waals surface area contributed by atoms with Crippen LogP contribution in [0.15, 0.2) is 63.5 Å². The number of benzene rings is 2. The molecule has 34 heavy (non-hydrogen) atoms. The minimum atomic E-state index is -0.552. The molecule has 2 aromatic carbocycles. The quantitative estimate of drug-likeness (QED) is 0.542. The van der Waals surface area contributed by atoms with E-state index in [1.165, 1.54) is 5.56 Å². The van der Waals surface area contributed by atoms with Gasteiger partial charge in [0.05, 0.1) is 24.2 Å². The first-order valence-electron chi connectivity index (χ1n) is 11.4. The van der Waals surface area contributed by atoms with Crippen LogP contribution in [-0.2, 0) is 11.4 Å². The fourth-order valence-corrected chi connectivity index (χ4v) is 5.12. The summed E-state index contributed by atoms with van der Waals surface area (Å²) in [5.74, 6) is 1.04. The van der Waals surface area contributed by atoms with Crippen LogP contribution in [0.5, 0.6) is 11.5 Å². The van der Waals surface area contributed by atoms with Gasteiger partial charge in [-0.05, 0) is 49.9 Å². The largest absolute Gasteiger partial charge is 0.490 e. The van der Waals surface area contributed by atoms with Crippen molar-refractivity contribution in [2.24, 2.45) is 5.73 Å². The van der Waals surface area contributed by atoms with Gasteiger partial charge in [0.25, 0.3) is 0 Å². The van der Waals surface area contributed by atoms with Gasteiger partial charge in [-0.15, -0.1) is 0 Å². The van der Waals surface area contributed by atoms with Gasteiger partial charge < -0.3 is 20.1 Å². The molecule has 1 heterocycles. The Morgan fingerprint density at radius 2 is 1.88 bits per heavy atom. The van der Waals surface area contributed by atoms with Crippen molar-refractivity contribution in [3.8, 4) is 17.6 Å². The van der Waals surface area contributed by atoms with Crippen LogP contribution in [0.2, 0.25) is 0 Å². The first-order chi connectivity index (χ1) is 16.3. The highest BCUT2D eigenvalue weighted by Gasteiger charge is 2.39. The first-order valence-corrected chi connectivity index (χ1v) is 12.2. The number of hydrogen-bond donors (Lipinski definition) is 1. The summed E-state index contributed by atoms with van der Waals surface area (Å²) < 4.78 is 12.8. The molecule has 6 nitrogen and oxygen atoms in total. The Hall–Kier alpha value is -3.24. The van der Waals surface area contributed by atoms with Crippen LogP contribution < -0.4 is 15.2 Å². The molecule has 2 N–H and O–H groups in total. The summed E-state index contributed by atoms with van der Waals surface area (Å²) >= 11 is 3.68. The average molecular weight is 522 g/mol. The maximum Gasteiger partial charge on any atom is 0.162 e. The molecule has 4 rings (SSSR count). The number of carbonyl (C=O) groups excluding carboxylic acids is 1. The van der Waals surface area contributed by atoms with Gasteiger partial charge in [-0.3, -0.25) is 4.79 Å². The van der Waals surface area contributed by atoms with E-state index in [0.29, 0.717) is 48.1 Å². The molecule has 0 spiro atoms. The Labute approximate surface area is 208 Å². The van der Waals surface area contributed by atoms with Crippen LogP contribution in [0.3, 0.4) is 0 Å². The van der Waals surface area contributed by atoms with Crippen molar-refractivity contribution in [3.63, 3.8) is 0 Å². The van der Waals surface area contributed by atoms with Gasteiger partial charge in [0.15, 0.2) is 17.3 Å². The number of hydrogen-bond acceptors (Lipinski definition) is 6. The smallest absolute Gasteiger partial charge is 0.162 e. The zero-order valence-corrected chi connectivity index (χ0v) is 21.2. The predicted octanol–water partition coefficient (Wildman–Crippen LogP) is 5.47. The highest BCUT2D eigenvalue weighted by molar-refractivity contribution is 9.10. The predicted molar refractivity (Wildman–Crippen MR) is 134 cm³/mol. The van der Waals surface area contributed by atoms with Gasteiger partial charge in [0.1, 0.15) is 12.4 Å². The molecule has 1 aliphatic carbocycles. The van der Waals surface area contributed by atoms with Gasteiger partial charge in [0.2, 0.25) is 0 Å². The second kappa shape index (κ2) is 9.94. The van der Waals surface area contributed by atoms with Crippen LogP contribution in [0.1, 0.15) is 48.8 Å². The van der Waals surface area contributed by atoms with Gasteiger partial charge in [0, 0.05) is 29.2 Å². The minimum Gasteiger partial charge on any atom is -0.490 e. The third-order valence-electron chi connectivity index (χ3n) is 6.36. The SMILES string of the molecule is CCOc1cc([C@H]2C(C#N)=C(N)N(C)C3=C2C(=O)CCC3)c(Br)cc1OCc1ccc(C)cc1. The molecule has 2 aliphatic rings. The molecular formula is C27H28BrN3O3. The zero-order chi connectivity index (χ0) is 24.4. The summed E-state index contributed by atoms with van der Waals surface area (Å²) in [4.78, 5) is 14.9. The maximum atomic E-state index is 13.1. The van der Waals surface area contributed by atoms with Crippen molar-refractivity contribution >= 4 is 21.7 Å². The number of Topliss-reactive ketones (excluding diaryl/α,β-unsaturated/α-hetero) is 1. The van der Waals surface area contributed by atoms with E-state index in [1.54, 1.807) is 4.90 Å². The molecule has 0 fully saturated rings. The third kappa shape index (κ3) is 4.43. The van der Waals surface area contributed by atoms with E-state index < -0.39 is 5.92 Å². The Morgan fingerprint density at radius 1 is 1.18 bits per heavy atom.